The summed E-state index contributed by atoms with van der Waals surface area (Å²) in [6, 6.07) is 3.72. The van der Waals surface area contributed by atoms with E-state index in [0.717, 1.165) is 5.69 Å². The summed E-state index contributed by atoms with van der Waals surface area (Å²) >= 11 is 0. The molecule has 0 aliphatic heterocycles. The van der Waals surface area contributed by atoms with Crippen LogP contribution in [0.2, 0.25) is 0 Å². The summed E-state index contributed by atoms with van der Waals surface area (Å²) in [5.74, 6) is 0.561. The molecule has 0 unspecified atom stereocenters. The van der Waals surface area contributed by atoms with Crippen LogP contribution in [-0.4, -0.2) is 19.1 Å². The van der Waals surface area contributed by atoms with Gasteiger partial charge >= 0.3 is 0 Å². The molecule has 2 N–H and O–H groups in total. The number of hydrogen-bond donors (Lipinski definition) is 1. The molecule has 0 aliphatic rings. The van der Waals surface area contributed by atoms with Gasteiger partial charge in [-0.15, -0.1) is 24.8 Å². The first-order chi connectivity index (χ1) is 4.70. The molecule has 0 amide bonds. The highest BCUT2D eigenvalue weighted by atomic mass is 35.5. The summed E-state index contributed by atoms with van der Waals surface area (Å²) in [6.07, 6.45) is 1.75. The van der Waals surface area contributed by atoms with Gasteiger partial charge in [0.25, 0.3) is 0 Å². The number of nitrogen functional groups attached to an aromatic ring is 1. The van der Waals surface area contributed by atoms with Crippen molar-refractivity contribution < 1.29 is 0 Å². The summed E-state index contributed by atoms with van der Waals surface area (Å²) in [4.78, 5) is 5.92. The van der Waals surface area contributed by atoms with Crippen molar-refractivity contribution in [3.05, 3.63) is 18.3 Å². The van der Waals surface area contributed by atoms with Crippen LogP contribution in [0.4, 0.5) is 11.5 Å². The van der Waals surface area contributed by atoms with E-state index in [1.165, 1.54) is 0 Å². The normalized spacial score (nSPS) is 7.83. The predicted molar refractivity (Wildman–Crippen MR) is 57.5 cm³/mol. The Hall–Kier alpha value is -0.670. The highest BCUT2D eigenvalue weighted by Crippen LogP contribution is 2.09. The number of nitrogens with two attached hydrogens (primary N) is 1. The Labute approximate surface area is 84.8 Å². The molecule has 0 saturated heterocycles. The lowest BCUT2D eigenvalue weighted by Gasteiger charge is -2.10. The topological polar surface area (TPSA) is 42.1 Å². The molecule has 3 nitrogen and oxygen atoms in total. The zero-order valence-corrected chi connectivity index (χ0v) is 8.65. The lowest BCUT2D eigenvalue weighted by molar-refractivity contribution is 1.11. The molecule has 1 aromatic heterocycles. The fourth-order valence-corrected chi connectivity index (χ4v) is 0.662. The molecule has 12 heavy (non-hydrogen) atoms. The van der Waals surface area contributed by atoms with Crippen LogP contribution in [0.15, 0.2) is 18.3 Å². The van der Waals surface area contributed by atoms with E-state index in [4.69, 9.17) is 5.73 Å². The van der Waals surface area contributed by atoms with Gasteiger partial charge in [0, 0.05) is 14.1 Å². The molecule has 0 saturated carbocycles. The quantitative estimate of drug-likeness (QED) is 0.764. The molecular weight excluding hydrogens is 197 g/mol. The smallest absolute Gasteiger partial charge is 0.123 e. The van der Waals surface area contributed by atoms with Crippen LogP contribution in [0.5, 0.6) is 0 Å². The van der Waals surface area contributed by atoms with Gasteiger partial charge in [-0.05, 0) is 12.1 Å². The van der Waals surface area contributed by atoms with Crippen LogP contribution in [-0.2, 0) is 0 Å². The standard InChI is InChI=1S/C7H11N3.2ClH/c1-10(2)6-3-4-7(8)9-5-6;;/h3-5H,1-2H3,(H2,8,9);2*1H. The van der Waals surface area contributed by atoms with E-state index in [1.807, 2.05) is 25.1 Å². The lowest BCUT2D eigenvalue weighted by Crippen LogP contribution is -2.08. The number of nitrogens with zero attached hydrogens (tertiary/aromatic N) is 2. The van der Waals surface area contributed by atoms with Crippen molar-refractivity contribution in [3.63, 3.8) is 0 Å². The number of aromatic nitrogens is 1. The van der Waals surface area contributed by atoms with Crippen LogP contribution in [0.1, 0.15) is 0 Å². The van der Waals surface area contributed by atoms with Crippen molar-refractivity contribution >= 4 is 36.3 Å². The number of hydrogen-bond acceptors (Lipinski definition) is 3. The second-order valence-electron chi connectivity index (χ2n) is 2.34. The van der Waals surface area contributed by atoms with Crippen LogP contribution in [0.25, 0.3) is 0 Å². The van der Waals surface area contributed by atoms with E-state index in [1.54, 1.807) is 12.3 Å². The molecule has 5 heteroatoms. The first-order valence-corrected chi connectivity index (χ1v) is 3.09. The highest BCUT2D eigenvalue weighted by molar-refractivity contribution is 5.85. The van der Waals surface area contributed by atoms with E-state index in [0.29, 0.717) is 5.82 Å². The molecule has 70 valence electrons. The third kappa shape index (κ3) is 3.64. The molecule has 0 aliphatic carbocycles. The number of anilines is 2. The summed E-state index contributed by atoms with van der Waals surface area (Å²) in [5.41, 5.74) is 6.46. The largest absolute Gasteiger partial charge is 0.384 e. The summed E-state index contributed by atoms with van der Waals surface area (Å²) in [5, 5.41) is 0. The van der Waals surface area contributed by atoms with Crippen LogP contribution in [0, 0.1) is 0 Å². The molecule has 1 aromatic rings. The molecule has 0 atom stereocenters. The first-order valence-electron chi connectivity index (χ1n) is 3.09. The average Bonchev–Trinajstić information content (AvgIpc) is 1.88. The van der Waals surface area contributed by atoms with Gasteiger partial charge in [-0.3, -0.25) is 0 Å². The molecule has 1 rings (SSSR count). The van der Waals surface area contributed by atoms with Crippen molar-refractivity contribution in [1.82, 2.24) is 4.98 Å². The van der Waals surface area contributed by atoms with Gasteiger partial charge in [-0.2, -0.15) is 0 Å². The summed E-state index contributed by atoms with van der Waals surface area (Å²) in [7, 11) is 3.93. The van der Waals surface area contributed by atoms with E-state index in [2.05, 4.69) is 4.98 Å². The predicted octanol–water partition coefficient (Wildman–Crippen LogP) is 1.57. The second kappa shape index (κ2) is 5.91. The third-order valence-corrected chi connectivity index (χ3v) is 1.29. The minimum atomic E-state index is 0. The Morgan fingerprint density at radius 1 is 1.25 bits per heavy atom. The van der Waals surface area contributed by atoms with E-state index in [-0.39, 0.29) is 24.8 Å². The molecule has 0 radical (unpaired) electrons. The van der Waals surface area contributed by atoms with Gasteiger partial charge in [0.2, 0.25) is 0 Å². The van der Waals surface area contributed by atoms with Gasteiger partial charge < -0.3 is 10.6 Å². The van der Waals surface area contributed by atoms with Crippen molar-refractivity contribution in [2.24, 2.45) is 0 Å². The average molecular weight is 210 g/mol. The zero-order valence-electron chi connectivity index (χ0n) is 7.02. The van der Waals surface area contributed by atoms with Crippen LogP contribution >= 0.6 is 24.8 Å². The Morgan fingerprint density at radius 3 is 2.17 bits per heavy atom. The Bertz CT molecular complexity index is 210. The fourth-order valence-electron chi connectivity index (χ4n) is 0.662. The van der Waals surface area contributed by atoms with Gasteiger partial charge in [0.05, 0.1) is 11.9 Å². The molecule has 0 bridgehead atoms. The van der Waals surface area contributed by atoms with Gasteiger partial charge in [-0.1, -0.05) is 0 Å². The third-order valence-electron chi connectivity index (χ3n) is 1.29. The molecular formula is C7H13Cl2N3. The van der Waals surface area contributed by atoms with Crippen LogP contribution < -0.4 is 10.6 Å². The molecule has 1 heterocycles. The van der Waals surface area contributed by atoms with Crippen molar-refractivity contribution in [1.29, 1.82) is 0 Å². The molecule has 0 aromatic carbocycles. The Kier molecular flexibility index (Phi) is 6.85. The van der Waals surface area contributed by atoms with Crippen molar-refractivity contribution in [2.45, 2.75) is 0 Å². The monoisotopic (exact) mass is 209 g/mol. The van der Waals surface area contributed by atoms with Crippen molar-refractivity contribution in [2.75, 3.05) is 24.7 Å². The second-order valence-corrected chi connectivity index (χ2v) is 2.34. The maximum Gasteiger partial charge on any atom is 0.123 e. The Balaban J connectivity index is 0. The van der Waals surface area contributed by atoms with Crippen molar-refractivity contribution in [3.8, 4) is 0 Å². The van der Waals surface area contributed by atoms with Gasteiger partial charge in [0.15, 0.2) is 0 Å². The fraction of sp³-hybridized carbons (Fsp3) is 0.286. The first kappa shape index (κ1) is 13.9. The van der Waals surface area contributed by atoms with Gasteiger partial charge in [0.1, 0.15) is 5.82 Å². The van der Waals surface area contributed by atoms with Crippen LogP contribution in [0.3, 0.4) is 0 Å². The Morgan fingerprint density at radius 2 is 1.83 bits per heavy atom. The van der Waals surface area contributed by atoms with E-state index in [9.17, 15) is 0 Å². The number of pyridine rings is 1. The lowest BCUT2D eigenvalue weighted by atomic mass is 10.4. The highest BCUT2D eigenvalue weighted by Gasteiger charge is 1.92. The molecule has 0 spiro atoms. The van der Waals surface area contributed by atoms with E-state index < -0.39 is 0 Å². The minimum Gasteiger partial charge on any atom is -0.384 e. The van der Waals surface area contributed by atoms with E-state index >= 15 is 0 Å². The SMILES string of the molecule is CN(C)c1ccc(N)nc1.Cl.Cl. The summed E-state index contributed by atoms with van der Waals surface area (Å²) in [6.45, 7) is 0. The number of rotatable bonds is 1. The van der Waals surface area contributed by atoms with Gasteiger partial charge in [-0.25, -0.2) is 4.98 Å². The minimum absolute atomic E-state index is 0. The maximum atomic E-state index is 5.40. The summed E-state index contributed by atoms with van der Waals surface area (Å²) < 4.78 is 0. The molecule has 0 fully saturated rings. The zero-order chi connectivity index (χ0) is 7.56. The number of halogens is 2. The maximum absolute atomic E-state index is 5.40.